The molecule has 2 atom stereocenters. The van der Waals surface area contributed by atoms with Crippen LogP contribution in [0.1, 0.15) is 51.4 Å². The number of nitrogens with zero attached hydrogens (tertiary/aromatic N) is 3. The second-order valence-corrected chi connectivity index (χ2v) is 7.56. The highest BCUT2D eigenvalue weighted by molar-refractivity contribution is 5.80. The third-order valence-electron chi connectivity index (χ3n) is 5.13. The number of aromatic nitrogens is 2. The van der Waals surface area contributed by atoms with E-state index in [4.69, 9.17) is 4.74 Å². The second kappa shape index (κ2) is 8.55. The minimum atomic E-state index is -0.351. The van der Waals surface area contributed by atoms with Gasteiger partial charge in [0.2, 0.25) is 5.91 Å². The van der Waals surface area contributed by atoms with Crippen LogP contribution in [0.15, 0.2) is 36.7 Å². The van der Waals surface area contributed by atoms with Crippen molar-refractivity contribution in [3.8, 4) is 5.75 Å². The number of carbonyl (C=O) groups excluding carboxylic acids is 1. The zero-order valence-electron chi connectivity index (χ0n) is 16.3. The molecular weight excluding hydrogens is 345 g/mol. The van der Waals surface area contributed by atoms with Gasteiger partial charge >= 0.3 is 0 Å². The van der Waals surface area contributed by atoms with Crippen molar-refractivity contribution in [1.29, 1.82) is 0 Å². The normalized spacial score (nSPS) is 18.6. The van der Waals surface area contributed by atoms with Crippen LogP contribution in [-0.2, 0) is 4.79 Å². The highest BCUT2D eigenvalue weighted by atomic mass is 19.1. The molecule has 27 heavy (non-hydrogen) atoms. The summed E-state index contributed by atoms with van der Waals surface area (Å²) in [7, 11) is 0. The lowest BCUT2D eigenvalue weighted by atomic mass is 9.98. The van der Waals surface area contributed by atoms with E-state index in [9.17, 15) is 9.18 Å². The van der Waals surface area contributed by atoms with Gasteiger partial charge in [0.1, 0.15) is 11.9 Å². The molecule has 6 heteroatoms. The fourth-order valence-electron chi connectivity index (χ4n) is 3.65. The monoisotopic (exact) mass is 373 g/mol. The summed E-state index contributed by atoms with van der Waals surface area (Å²) >= 11 is 0. The van der Waals surface area contributed by atoms with Crippen molar-refractivity contribution in [3.05, 3.63) is 48.3 Å². The zero-order valence-corrected chi connectivity index (χ0v) is 16.3. The van der Waals surface area contributed by atoms with Crippen LogP contribution in [0, 0.1) is 11.7 Å². The zero-order chi connectivity index (χ0) is 19.4. The summed E-state index contributed by atoms with van der Waals surface area (Å²) in [5.74, 6) is 1.42. The quantitative estimate of drug-likeness (QED) is 0.768. The smallest absolute Gasteiger partial charge is 0.245 e. The van der Waals surface area contributed by atoms with Gasteiger partial charge in [0.25, 0.3) is 0 Å². The minimum Gasteiger partial charge on any atom is -0.490 e. The molecule has 0 aliphatic carbocycles. The van der Waals surface area contributed by atoms with Gasteiger partial charge in [0, 0.05) is 37.3 Å². The molecule has 1 fully saturated rings. The predicted molar refractivity (Wildman–Crippen MR) is 102 cm³/mol. The summed E-state index contributed by atoms with van der Waals surface area (Å²) in [6, 6.07) is 6.15. The Kier molecular flexibility index (Phi) is 6.14. The molecule has 1 aromatic carbocycles. The summed E-state index contributed by atoms with van der Waals surface area (Å²) in [6.45, 7) is 7.89. The van der Waals surface area contributed by atoms with Gasteiger partial charge in [-0.05, 0) is 31.9 Å². The Hall–Kier alpha value is -2.37. The standard InChI is InChI=1S/C21H28FN3O2/c1-15(2)20-23-10-12-25(20)16(3)21(26)24-11-6-7-17(13-24)14-27-19-9-5-4-8-18(19)22/h4-5,8-10,12,15-17H,6-7,11,13-14H2,1-3H3/t16-,17-/m1/s1. The summed E-state index contributed by atoms with van der Waals surface area (Å²) in [4.78, 5) is 19.3. The number of hydrogen-bond acceptors (Lipinski definition) is 3. The van der Waals surface area contributed by atoms with Crippen molar-refractivity contribution in [2.45, 2.75) is 45.6 Å². The Morgan fingerprint density at radius 1 is 1.33 bits per heavy atom. The molecular formula is C21H28FN3O2. The lowest BCUT2D eigenvalue weighted by Crippen LogP contribution is -2.44. The summed E-state index contributed by atoms with van der Waals surface area (Å²) < 4.78 is 21.3. The van der Waals surface area contributed by atoms with E-state index < -0.39 is 0 Å². The summed E-state index contributed by atoms with van der Waals surface area (Å²) in [5, 5.41) is 0. The largest absolute Gasteiger partial charge is 0.490 e. The van der Waals surface area contributed by atoms with E-state index >= 15 is 0 Å². The maximum Gasteiger partial charge on any atom is 0.245 e. The number of amides is 1. The molecule has 0 radical (unpaired) electrons. The molecule has 0 saturated carbocycles. The minimum absolute atomic E-state index is 0.102. The number of likely N-dealkylation sites (tertiary alicyclic amines) is 1. The molecule has 146 valence electrons. The third kappa shape index (κ3) is 4.49. The van der Waals surface area contributed by atoms with Crippen LogP contribution in [0.2, 0.25) is 0 Å². The van der Waals surface area contributed by atoms with Crippen LogP contribution >= 0.6 is 0 Å². The van der Waals surface area contributed by atoms with Crippen molar-refractivity contribution in [1.82, 2.24) is 14.5 Å². The van der Waals surface area contributed by atoms with Crippen LogP contribution in [0.5, 0.6) is 5.75 Å². The first-order valence-corrected chi connectivity index (χ1v) is 9.66. The molecule has 3 rings (SSSR count). The molecule has 1 saturated heterocycles. The molecule has 1 aromatic heterocycles. The number of benzene rings is 1. The fraction of sp³-hybridized carbons (Fsp3) is 0.524. The molecule has 2 aromatic rings. The Balaban J connectivity index is 1.61. The van der Waals surface area contributed by atoms with Gasteiger partial charge in [-0.25, -0.2) is 9.37 Å². The maximum absolute atomic E-state index is 13.7. The topological polar surface area (TPSA) is 47.4 Å². The number of hydrogen-bond donors (Lipinski definition) is 0. The molecule has 2 heterocycles. The van der Waals surface area contributed by atoms with Gasteiger partial charge in [0.15, 0.2) is 11.6 Å². The first kappa shape index (κ1) is 19.4. The summed E-state index contributed by atoms with van der Waals surface area (Å²) in [5.41, 5.74) is 0. The number of ether oxygens (including phenoxy) is 1. The fourth-order valence-corrected chi connectivity index (χ4v) is 3.65. The Morgan fingerprint density at radius 2 is 2.11 bits per heavy atom. The highest BCUT2D eigenvalue weighted by Crippen LogP contribution is 2.24. The number of halogens is 1. The molecule has 1 aliphatic rings. The average molecular weight is 373 g/mol. The number of piperidine rings is 1. The number of para-hydroxylation sites is 1. The first-order chi connectivity index (χ1) is 13.0. The van der Waals surface area contributed by atoms with Gasteiger partial charge in [-0.2, -0.15) is 0 Å². The molecule has 0 bridgehead atoms. The average Bonchev–Trinajstić information content (AvgIpc) is 3.16. The predicted octanol–water partition coefficient (Wildman–Crippen LogP) is 4.02. The lowest BCUT2D eigenvalue weighted by Gasteiger charge is -2.34. The molecule has 5 nitrogen and oxygen atoms in total. The van der Waals surface area contributed by atoms with Gasteiger partial charge < -0.3 is 14.2 Å². The Bertz CT molecular complexity index is 774. The van der Waals surface area contributed by atoms with E-state index in [0.717, 1.165) is 25.2 Å². The highest BCUT2D eigenvalue weighted by Gasteiger charge is 2.29. The third-order valence-corrected chi connectivity index (χ3v) is 5.13. The van der Waals surface area contributed by atoms with E-state index in [1.165, 1.54) is 6.07 Å². The van der Waals surface area contributed by atoms with Gasteiger partial charge in [0.05, 0.1) is 6.61 Å². The Labute approximate surface area is 160 Å². The van der Waals surface area contributed by atoms with Crippen LogP contribution < -0.4 is 4.74 Å². The molecule has 0 unspecified atom stereocenters. The first-order valence-electron chi connectivity index (χ1n) is 9.66. The van der Waals surface area contributed by atoms with E-state index in [-0.39, 0.29) is 35.4 Å². The van der Waals surface area contributed by atoms with Crippen molar-refractivity contribution in [2.75, 3.05) is 19.7 Å². The van der Waals surface area contributed by atoms with Crippen molar-refractivity contribution in [2.24, 2.45) is 5.92 Å². The number of carbonyl (C=O) groups is 1. The molecule has 0 spiro atoms. The molecule has 1 aliphatic heterocycles. The Morgan fingerprint density at radius 3 is 2.85 bits per heavy atom. The van der Waals surface area contributed by atoms with E-state index in [0.29, 0.717) is 13.2 Å². The van der Waals surface area contributed by atoms with Crippen LogP contribution in [0.4, 0.5) is 4.39 Å². The number of rotatable bonds is 6. The van der Waals surface area contributed by atoms with Gasteiger partial charge in [-0.15, -0.1) is 0 Å². The lowest BCUT2D eigenvalue weighted by molar-refractivity contribution is -0.136. The number of imidazole rings is 1. The summed E-state index contributed by atoms with van der Waals surface area (Å²) in [6.07, 6.45) is 5.54. The van der Waals surface area contributed by atoms with Crippen LogP contribution in [-0.4, -0.2) is 40.1 Å². The van der Waals surface area contributed by atoms with Crippen LogP contribution in [0.3, 0.4) is 0 Å². The van der Waals surface area contributed by atoms with Gasteiger partial charge in [-0.1, -0.05) is 26.0 Å². The van der Waals surface area contributed by atoms with Crippen molar-refractivity contribution >= 4 is 5.91 Å². The van der Waals surface area contributed by atoms with Crippen molar-refractivity contribution in [3.63, 3.8) is 0 Å². The van der Waals surface area contributed by atoms with Crippen LogP contribution in [0.25, 0.3) is 0 Å². The SMILES string of the molecule is CC(C)c1nccn1[C@H](C)C(=O)N1CCC[C@@H](COc2ccccc2F)C1. The van der Waals surface area contributed by atoms with Crippen molar-refractivity contribution < 1.29 is 13.9 Å². The van der Waals surface area contributed by atoms with E-state index in [1.54, 1.807) is 24.4 Å². The molecule has 1 amide bonds. The molecule has 0 N–H and O–H groups in total. The maximum atomic E-state index is 13.7. The van der Waals surface area contributed by atoms with E-state index in [1.807, 2.05) is 22.6 Å². The van der Waals surface area contributed by atoms with E-state index in [2.05, 4.69) is 18.8 Å². The second-order valence-electron chi connectivity index (χ2n) is 7.56. The van der Waals surface area contributed by atoms with Gasteiger partial charge in [-0.3, -0.25) is 4.79 Å².